The number of aromatic nitrogens is 3. The quantitative estimate of drug-likeness (QED) is 0.124. The molecule has 0 amide bonds. The topological polar surface area (TPSA) is 34.2 Å². The molecule has 1 aliphatic heterocycles. The third kappa shape index (κ3) is 6.05. The Bertz CT molecular complexity index is 2420. The van der Waals surface area contributed by atoms with Crippen molar-refractivity contribution < 1.29 is 30.3 Å². The third-order valence-electron chi connectivity index (χ3n) is 10.3. The molecule has 0 fully saturated rings. The van der Waals surface area contributed by atoms with E-state index in [0.717, 1.165) is 44.6 Å². The number of pyridine rings is 2. The van der Waals surface area contributed by atoms with E-state index in [9.17, 15) is 0 Å². The van der Waals surface area contributed by atoms with Crippen LogP contribution in [-0.4, -0.2) is 23.6 Å². The van der Waals surface area contributed by atoms with Gasteiger partial charge in [0.05, 0.1) is 6.20 Å². The van der Waals surface area contributed by atoms with Crippen molar-refractivity contribution in [2.24, 2.45) is 0 Å². The predicted molar refractivity (Wildman–Crippen MR) is 210 cm³/mol. The van der Waals surface area contributed by atoms with Crippen LogP contribution in [-0.2, 0) is 26.5 Å². The average molecular weight is 862 g/mol. The molecule has 0 saturated carbocycles. The van der Waals surface area contributed by atoms with Gasteiger partial charge in [0.2, 0.25) is 0 Å². The van der Waals surface area contributed by atoms with Gasteiger partial charge < -0.3 is 18.6 Å². The first-order valence-corrected chi connectivity index (χ1v) is 18.0. The van der Waals surface area contributed by atoms with Crippen LogP contribution in [0.4, 0.5) is 5.69 Å². The number of rotatable bonds is 6. The molecule has 7 aromatic rings. The Hall–Kier alpha value is -4.67. The first-order chi connectivity index (χ1) is 24.5. The van der Waals surface area contributed by atoms with Gasteiger partial charge in [0.15, 0.2) is 0 Å². The standard InChI is InChI=1S/C45H43BN4O.Pt/c1-29(2)34-15-13-16-35(30(3)4)44(34)46-48(8)39-22-20-32(27-38(39)40-17-11-12-25-49(40)46)51-33-19-21-37-36-14-9-10-18-41(36)50(42(37)28-33)43-26-31(23-24-47-43)45(5,6)7;/h9-16,18-26,29-30H,1-8H3;/q-2;. The Morgan fingerprint density at radius 3 is 2.25 bits per heavy atom. The van der Waals surface area contributed by atoms with E-state index in [2.05, 4.69) is 167 Å². The summed E-state index contributed by atoms with van der Waals surface area (Å²) in [5.74, 6) is 2.88. The summed E-state index contributed by atoms with van der Waals surface area (Å²) in [5, 5.41) is 2.26. The molecule has 4 aromatic carbocycles. The molecule has 0 unspecified atom stereocenters. The molecule has 4 heterocycles. The van der Waals surface area contributed by atoms with Gasteiger partial charge in [-0.15, -0.1) is 35.3 Å². The predicted octanol–water partition coefficient (Wildman–Crippen LogP) is 9.56. The molecule has 3 aromatic heterocycles. The molecular formula is C45H43BN4OPt-2. The molecule has 0 atom stereocenters. The van der Waals surface area contributed by atoms with Crippen molar-refractivity contribution >= 4 is 39.9 Å². The van der Waals surface area contributed by atoms with Gasteiger partial charge in [-0.3, -0.25) is 0 Å². The Balaban J connectivity index is 0.00000420. The first kappa shape index (κ1) is 35.7. The molecule has 7 heteroatoms. The number of benzene rings is 4. The van der Waals surface area contributed by atoms with Gasteiger partial charge in [-0.05, 0) is 70.3 Å². The van der Waals surface area contributed by atoms with Crippen molar-refractivity contribution in [1.29, 1.82) is 0 Å². The Morgan fingerprint density at radius 1 is 0.808 bits per heavy atom. The molecule has 0 bridgehead atoms. The molecule has 5 nitrogen and oxygen atoms in total. The number of nitrogens with zero attached hydrogens (tertiary/aromatic N) is 4. The summed E-state index contributed by atoms with van der Waals surface area (Å²) >= 11 is 0. The molecule has 52 heavy (non-hydrogen) atoms. The minimum atomic E-state index is -0.0239. The first-order valence-electron chi connectivity index (χ1n) is 18.0. The number of fused-ring (bicyclic) bond motifs is 6. The summed E-state index contributed by atoms with van der Waals surface area (Å²) in [6.45, 7) is 15.8. The molecule has 8 rings (SSSR count). The van der Waals surface area contributed by atoms with Crippen LogP contribution in [0.3, 0.4) is 0 Å². The van der Waals surface area contributed by atoms with Crippen molar-refractivity contribution in [2.75, 3.05) is 11.9 Å². The third-order valence-corrected chi connectivity index (χ3v) is 10.3. The number of ether oxygens (including phenoxy) is 1. The molecule has 0 spiro atoms. The fourth-order valence-corrected chi connectivity index (χ4v) is 7.67. The van der Waals surface area contributed by atoms with E-state index in [1.807, 2.05) is 24.4 Å². The van der Waals surface area contributed by atoms with Crippen molar-refractivity contribution in [2.45, 2.75) is 65.7 Å². The Morgan fingerprint density at radius 2 is 1.52 bits per heavy atom. The van der Waals surface area contributed by atoms with Crippen LogP contribution in [0.15, 0.2) is 103 Å². The van der Waals surface area contributed by atoms with Crippen molar-refractivity contribution in [1.82, 2.24) is 9.55 Å². The van der Waals surface area contributed by atoms with Gasteiger partial charge in [0.1, 0.15) is 5.82 Å². The largest absolute Gasteiger partial charge is 0.632 e. The molecule has 0 saturated heterocycles. The molecule has 0 radical (unpaired) electrons. The van der Waals surface area contributed by atoms with E-state index in [1.54, 1.807) is 0 Å². The SMILES string of the molecule is CC(C)c1cccc(C(C)C)c1B1N(C)c2ccc(Oc3[c-]c4c(cc3)c3ccccc3n4-c3cc(C(C)(C)C)ccn3)[c-]c2-c2[c-]ccc[n+]21.[Pt]. The fraction of sp³-hybridized carbons (Fsp3) is 0.244. The second-order valence-corrected chi connectivity index (χ2v) is 15.3. The monoisotopic (exact) mass is 861 g/mol. The van der Waals surface area contributed by atoms with Gasteiger partial charge in [0.25, 0.3) is 0 Å². The van der Waals surface area contributed by atoms with Crippen LogP contribution < -0.4 is 19.5 Å². The van der Waals surface area contributed by atoms with Gasteiger partial charge in [0, 0.05) is 49.7 Å². The van der Waals surface area contributed by atoms with Crippen molar-refractivity contribution in [3.63, 3.8) is 0 Å². The summed E-state index contributed by atoms with van der Waals surface area (Å²) in [4.78, 5) is 7.20. The summed E-state index contributed by atoms with van der Waals surface area (Å²) in [5.41, 5.74) is 10.4. The van der Waals surface area contributed by atoms with E-state index in [4.69, 9.17) is 9.72 Å². The van der Waals surface area contributed by atoms with E-state index >= 15 is 0 Å². The maximum atomic E-state index is 6.59. The van der Waals surface area contributed by atoms with Crippen LogP contribution in [0, 0.1) is 18.2 Å². The van der Waals surface area contributed by atoms with Gasteiger partial charge >= 0.3 is 6.98 Å². The van der Waals surface area contributed by atoms with Crippen LogP contribution >= 0.6 is 0 Å². The van der Waals surface area contributed by atoms with Crippen LogP contribution in [0.2, 0.25) is 0 Å². The van der Waals surface area contributed by atoms with E-state index in [0.29, 0.717) is 23.3 Å². The van der Waals surface area contributed by atoms with Crippen LogP contribution in [0.5, 0.6) is 11.5 Å². The Labute approximate surface area is 322 Å². The molecule has 1 aliphatic rings. The van der Waals surface area contributed by atoms with Crippen LogP contribution in [0.25, 0.3) is 38.9 Å². The number of hydrogen-bond donors (Lipinski definition) is 0. The van der Waals surface area contributed by atoms with E-state index < -0.39 is 0 Å². The normalized spacial score (nSPS) is 12.7. The van der Waals surface area contributed by atoms with Crippen LogP contribution in [0.1, 0.15) is 77.0 Å². The minimum Gasteiger partial charge on any atom is -0.504 e. The zero-order chi connectivity index (χ0) is 35.6. The number of anilines is 1. The van der Waals surface area contributed by atoms with Gasteiger partial charge in [-0.1, -0.05) is 96.4 Å². The average Bonchev–Trinajstić information content (AvgIpc) is 3.45. The zero-order valence-corrected chi connectivity index (χ0v) is 33.3. The fourth-order valence-electron chi connectivity index (χ4n) is 7.67. The second kappa shape index (κ2) is 13.7. The minimum absolute atomic E-state index is 0. The van der Waals surface area contributed by atoms with Gasteiger partial charge in [-0.25, -0.2) is 4.98 Å². The molecule has 0 N–H and O–H groups in total. The van der Waals surface area contributed by atoms with Gasteiger partial charge in [-0.2, -0.15) is 29.8 Å². The van der Waals surface area contributed by atoms with Crippen molar-refractivity contribution in [3.05, 3.63) is 138 Å². The summed E-state index contributed by atoms with van der Waals surface area (Å²) in [6.07, 6.45) is 4.07. The van der Waals surface area contributed by atoms with E-state index in [1.165, 1.54) is 22.2 Å². The zero-order valence-electron chi connectivity index (χ0n) is 31.1. The van der Waals surface area contributed by atoms with E-state index in [-0.39, 0.29) is 33.5 Å². The maximum absolute atomic E-state index is 6.59. The van der Waals surface area contributed by atoms with Crippen molar-refractivity contribution in [3.8, 4) is 28.6 Å². The summed E-state index contributed by atoms with van der Waals surface area (Å²) < 4.78 is 11.1. The molecular weight excluding hydrogens is 818 g/mol. The maximum Gasteiger partial charge on any atom is 0.632 e. The molecule has 0 aliphatic carbocycles. The smallest absolute Gasteiger partial charge is 0.504 e. The summed E-state index contributed by atoms with van der Waals surface area (Å²) in [7, 11) is 2.19. The number of hydrogen-bond acceptors (Lipinski definition) is 3. The molecule has 264 valence electrons. The number of para-hydroxylation sites is 1. The second-order valence-electron chi connectivity index (χ2n) is 15.3. The summed E-state index contributed by atoms with van der Waals surface area (Å²) in [6, 6.07) is 42.7. The Kier molecular flexibility index (Phi) is 9.42.